The first-order valence-corrected chi connectivity index (χ1v) is 8.20. The average Bonchev–Trinajstić information content (AvgIpc) is 2.88. The van der Waals surface area contributed by atoms with Crippen LogP contribution >= 0.6 is 34.5 Å². The minimum Gasteiger partial charge on any atom is -0.382 e. The van der Waals surface area contributed by atoms with Crippen LogP contribution < -0.4 is 11.1 Å². The van der Waals surface area contributed by atoms with E-state index < -0.39 is 0 Å². The molecule has 0 bridgehead atoms. The molecule has 0 aliphatic heterocycles. The van der Waals surface area contributed by atoms with E-state index in [1.165, 1.54) is 0 Å². The summed E-state index contributed by atoms with van der Waals surface area (Å²) in [7, 11) is 0. The van der Waals surface area contributed by atoms with E-state index in [-0.39, 0.29) is 27.2 Å². The fourth-order valence-electron chi connectivity index (χ4n) is 2.02. The van der Waals surface area contributed by atoms with Gasteiger partial charge in [-0.05, 0) is 24.3 Å². The molecule has 4 nitrogen and oxygen atoms in total. The van der Waals surface area contributed by atoms with Gasteiger partial charge in [0.05, 0.1) is 15.6 Å². The van der Waals surface area contributed by atoms with Crippen molar-refractivity contribution in [3.05, 3.63) is 69.0 Å². The second-order valence-electron chi connectivity index (χ2n) is 4.65. The quantitative estimate of drug-likeness (QED) is 0.639. The van der Waals surface area contributed by atoms with Crippen molar-refractivity contribution in [1.82, 2.24) is 4.98 Å². The van der Waals surface area contributed by atoms with Crippen molar-refractivity contribution in [3.63, 3.8) is 0 Å². The summed E-state index contributed by atoms with van der Waals surface area (Å²) in [6.07, 6.45) is 0. The fraction of sp³-hybridized carbons (Fsp3) is 0. The summed E-state index contributed by atoms with van der Waals surface area (Å²) < 4.78 is 0. The lowest BCUT2D eigenvalue weighted by molar-refractivity contribution is 0.104. The van der Waals surface area contributed by atoms with Crippen LogP contribution in [-0.4, -0.2) is 10.8 Å². The van der Waals surface area contributed by atoms with Crippen molar-refractivity contribution < 1.29 is 4.79 Å². The Kier molecular flexibility index (Phi) is 4.52. The van der Waals surface area contributed by atoms with Gasteiger partial charge in [0.25, 0.3) is 0 Å². The largest absolute Gasteiger partial charge is 0.382 e. The van der Waals surface area contributed by atoms with Crippen molar-refractivity contribution in [1.29, 1.82) is 0 Å². The molecule has 1 aromatic heterocycles. The number of aromatic nitrogens is 1. The summed E-state index contributed by atoms with van der Waals surface area (Å²) in [5, 5.41) is 4.21. The first kappa shape index (κ1) is 15.8. The molecule has 0 radical (unpaired) electrons. The number of anilines is 3. The van der Waals surface area contributed by atoms with Gasteiger partial charge in [0.15, 0.2) is 5.13 Å². The van der Waals surface area contributed by atoms with Crippen LogP contribution in [0.5, 0.6) is 0 Å². The van der Waals surface area contributed by atoms with E-state index in [2.05, 4.69) is 10.3 Å². The zero-order valence-electron chi connectivity index (χ0n) is 11.7. The van der Waals surface area contributed by atoms with Gasteiger partial charge in [0.2, 0.25) is 5.78 Å². The van der Waals surface area contributed by atoms with Crippen molar-refractivity contribution in [3.8, 4) is 0 Å². The Hall–Kier alpha value is -2.08. The highest BCUT2D eigenvalue weighted by Crippen LogP contribution is 2.33. The smallest absolute Gasteiger partial charge is 0.209 e. The molecule has 116 valence electrons. The maximum Gasteiger partial charge on any atom is 0.209 e. The molecule has 0 unspecified atom stereocenters. The molecule has 0 aliphatic carbocycles. The third-order valence-electron chi connectivity index (χ3n) is 3.07. The second kappa shape index (κ2) is 6.58. The van der Waals surface area contributed by atoms with E-state index in [0.717, 1.165) is 17.0 Å². The van der Waals surface area contributed by atoms with Gasteiger partial charge in [-0.1, -0.05) is 58.8 Å². The van der Waals surface area contributed by atoms with E-state index in [4.69, 9.17) is 28.9 Å². The summed E-state index contributed by atoms with van der Waals surface area (Å²) in [6.45, 7) is 0. The van der Waals surface area contributed by atoms with E-state index in [1.54, 1.807) is 18.2 Å². The zero-order chi connectivity index (χ0) is 16.4. The molecule has 0 fully saturated rings. The summed E-state index contributed by atoms with van der Waals surface area (Å²) in [5.41, 5.74) is 6.98. The zero-order valence-corrected chi connectivity index (χ0v) is 14.0. The van der Waals surface area contributed by atoms with Gasteiger partial charge >= 0.3 is 0 Å². The van der Waals surface area contributed by atoms with Crippen molar-refractivity contribution in [2.75, 3.05) is 11.1 Å². The number of thiazole rings is 1. The average molecular weight is 364 g/mol. The first-order valence-electron chi connectivity index (χ1n) is 6.63. The van der Waals surface area contributed by atoms with Crippen LogP contribution in [0.1, 0.15) is 15.2 Å². The molecule has 3 rings (SSSR count). The number of nitrogens with two attached hydrogens (primary N) is 1. The number of hydrogen-bond donors (Lipinski definition) is 2. The van der Waals surface area contributed by atoms with Crippen LogP contribution in [0.2, 0.25) is 10.0 Å². The third-order valence-corrected chi connectivity index (χ3v) is 4.69. The van der Waals surface area contributed by atoms with Crippen molar-refractivity contribution >= 4 is 57.0 Å². The lowest BCUT2D eigenvalue weighted by Gasteiger charge is -2.04. The Morgan fingerprint density at radius 2 is 1.70 bits per heavy atom. The summed E-state index contributed by atoms with van der Waals surface area (Å²) in [6, 6.07) is 14.4. The molecular formula is C16H11Cl2N3OS. The Balaban J connectivity index is 1.93. The summed E-state index contributed by atoms with van der Waals surface area (Å²) in [4.78, 5) is 17.2. The van der Waals surface area contributed by atoms with Gasteiger partial charge in [-0.15, -0.1) is 0 Å². The number of carbonyl (C=O) groups is 1. The van der Waals surface area contributed by atoms with E-state index in [1.807, 2.05) is 30.3 Å². The molecule has 3 aromatic rings. The molecule has 0 amide bonds. The number of nitrogen functional groups attached to an aromatic ring is 1. The van der Waals surface area contributed by atoms with Crippen molar-refractivity contribution in [2.24, 2.45) is 0 Å². The van der Waals surface area contributed by atoms with Gasteiger partial charge in [-0.25, -0.2) is 4.98 Å². The normalized spacial score (nSPS) is 10.5. The molecular weight excluding hydrogens is 353 g/mol. The molecule has 0 aliphatic rings. The number of nitrogens with one attached hydrogen (secondary N) is 1. The first-order chi connectivity index (χ1) is 11.1. The van der Waals surface area contributed by atoms with Gasteiger partial charge < -0.3 is 11.1 Å². The van der Waals surface area contributed by atoms with Crippen LogP contribution in [0.4, 0.5) is 16.6 Å². The fourth-order valence-corrected chi connectivity index (χ4v) is 3.44. The molecule has 0 spiro atoms. The Bertz CT molecular complexity index is 845. The molecule has 1 heterocycles. The van der Waals surface area contributed by atoms with E-state index >= 15 is 0 Å². The Labute approximate surface area is 146 Å². The third kappa shape index (κ3) is 3.32. The predicted octanol–water partition coefficient (Wildman–Crippen LogP) is 5.01. The van der Waals surface area contributed by atoms with Crippen LogP contribution in [-0.2, 0) is 0 Å². The Morgan fingerprint density at radius 3 is 2.35 bits per heavy atom. The topological polar surface area (TPSA) is 68.0 Å². The number of halogens is 2. The molecule has 0 saturated carbocycles. The van der Waals surface area contributed by atoms with E-state index in [0.29, 0.717) is 10.0 Å². The minimum atomic E-state index is -0.336. The van der Waals surface area contributed by atoms with Crippen LogP contribution in [0.25, 0.3) is 0 Å². The lowest BCUT2D eigenvalue weighted by Crippen LogP contribution is -2.04. The maximum absolute atomic E-state index is 12.7. The van der Waals surface area contributed by atoms with Gasteiger partial charge in [0.1, 0.15) is 10.7 Å². The highest BCUT2D eigenvalue weighted by molar-refractivity contribution is 7.18. The SMILES string of the molecule is Nc1nc(Nc2ccccc2)sc1C(=O)c1c(Cl)cccc1Cl. The van der Waals surface area contributed by atoms with Gasteiger partial charge in [0, 0.05) is 5.69 Å². The van der Waals surface area contributed by atoms with Crippen molar-refractivity contribution in [2.45, 2.75) is 0 Å². The minimum absolute atomic E-state index is 0.148. The Morgan fingerprint density at radius 1 is 1.04 bits per heavy atom. The number of rotatable bonds is 4. The molecule has 0 atom stereocenters. The maximum atomic E-state index is 12.7. The summed E-state index contributed by atoms with van der Waals surface area (Å²) >= 11 is 13.3. The number of hydrogen-bond acceptors (Lipinski definition) is 5. The number of nitrogens with zero attached hydrogens (tertiary/aromatic N) is 1. The number of carbonyl (C=O) groups excluding carboxylic acids is 1. The highest BCUT2D eigenvalue weighted by Gasteiger charge is 2.22. The lowest BCUT2D eigenvalue weighted by atomic mass is 10.1. The van der Waals surface area contributed by atoms with Crippen LogP contribution in [0.3, 0.4) is 0 Å². The monoisotopic (exact) mass is 363 g/mol. The standard InChI is InChI=1S/C16H11Cl2N3OS/c17-10-7-4-8-11(18)12(10)13(22)14-15(19)21-16(23-14)20-9-5-2-1-3-6-9/h1-8H,19H2,(H,20,21). The van der Waals surface area contributed by atoms with E-state index in [9.17, 15) is 4.79 Å². The molecule has 3 N–H and O–H groups in total. The molecule has 7 heteroatoms. The van der Waals surface area contributed by atoms with Crippen LogP contribution in [0.15, 0.2) is 48.5 Å². The molecule has 23 heavy (non-hydrogen) atoms. The predicted molar refractivity (Wildman–Crippen MR) is 96.1 cm³/mol. The number of benzene rings is 2. The molecule has 0 saturated heterocycles. The molecule has 2 aromatic carbocycles. The van der Waals surface area contributed by atoms with Crippen LogP contribution in [0, 0.1) is 0 Å². The van der Waals surface area contributed by atoms with Gasteiger partial charge in [-0.2, -0.15) is 0 Å². The number of ketones is 1. The number of para-hydroxylation sites is 1. The van der Waals surface area contributed by atoms with Gasteiger partial charge in [-0.3, -0.25) is 4.79 Å². The summed E-state index contributed by atoms with van der Waals surface area (Å²) in [5.74, 6) is -0.189. The highest BCUT2D eigenvalue weighted by atomic mass is 35.5. The second-order valence-corrected chi connectivity index (χ2v) is 6.46.